The zero-order chi connectivity index (χ0) is 16.2. The number of carbonyl (C=O) groups is 2. The van der Waals surface area contributed by atoms with Gasteiger partial charge in [0.15, 0.2) is 0 Å². The quantitative estimate of drug-likeness (QED) is 0.859. The Labute approximate surface area is 137 Å². The zero-order valence-corrected chi connectivity index (χ0v) is 13.7. The molecule has 0 N–H and O–H groups in total. The summed E-state index contributed by atoms with van der Waals surface area (Å²) in [5.74, 6) is 1.30. The van der Waals surface area contributed by atoms with Gasteiger partial charge in [-0.2, -0.15) is 0 Å². The predicted octanol–water partition coefficient (Wildman–Crippen LogP) is 2.17. The minimum atomic E-state index is 0.0330. The molecule has 0 aromatic heterocycles. The van der Waals surface area contributed by atoms with Crippen molar-refractivity contribution in [2.75, 3.05) is 33.3 Å². The van der Waals surface area contributed by atoms with Crippen molar-refractivity contribution in [3.05, 3.63) is 29.8 Å². The molecule has 0 bridgehead atoms. The Hall–Kier alpha value is -2.04. The Kier molecular flexibility index (Phi) is 4.84. The van der Waals surface area contributed by atoms with Crippen molar-refractivity contribution in [2.45, 2.75) is 25.7 Å². The summed E-state index contributed by atoms with van der Waals surface area (Å²) in [5, 5.41) is 0. The van der Waals surface area contributed by atoms with Gasteiger partial charge in [0.1, 0.15) is 5.75 Å². The highest BCUT2D eigenvalue weighted by molar-refractivity contribution is 5.94. The Morgan fingerprint density at radius 3 is 2.22 bits per heavy atom. The first-order chi connectivity index (χ1) is 11.2. The summed E-state index contributed by atoms with van der Waals surface area (Å²) < 4.78 is 5.12. The minimum absolute atomic E-state index is 0.0330. The van der Waals surface area contributed by atoms with E-state index in [0.29, 0.717) is 25.2 Å². The lowest BCUT2D eigenvalue weighted by atomic mass is 9.84. The van der Waals surface area contributed by atoms with Gasteiger partial charge in [0.2, 0.25) is 5.91 Å². The van der Waals surface area contributed by atoms with Gasteiger partial charge in [-0.05, 0) is 43.5 Å². The molecule has 1 aliphatic heterocycles. The van der Waals surface area contributed by atoms with E-state index >= 15 is 0 Å². The molecule has 1 aromatic rings. The van der Waals surface area contributed by atoms with Gasteiger partial charge < -0.3 is 14.5 Å². The van der Waals surface area contributed by atoms with Crippen LogP contribution >= 0.6 is 0 Å². The van der Waals surface area contributed by atoms with E-state index in [1.807, 2.05) is 9.80 Å². The lowest BCUT2D eigenvalue weighted by Crippen LogP contribution is -2.41. The lowest BCUT2D eigenvalue weighted by Gasteiger charge is -2.31. The second kappa shape index (κ2) is 7.02. The van der Waals surface area contributed by atoms with Crippen LogP contribution in [0.2, 0.25) is 0 Å². The fourth-order valence-electron chi connectivity index (χ4n) is 3.17. The summed E-state index contributed by atoms with van der Waals surface area (Å²) in [6.07, 6.45) is 4.08. The second-order valence-corrected chi connectivity index (χ2v) is 6.33. The van der Waals surface area contributed by atoms with Gasteiger partial charge in [-0.15, -0.1) is 0 Å². The molecule has 23 heavy (non-hydrogen) atoms. The Balaban J connectivity index is 1.60. The molecule has 0 spiro atoms. The maximum atomic E-state index is 12.6. The summed E-state index contributed by atoms with van der Waals surface area (Å²) in [4.78, 5) is 28.8. The van der Waals surface area contributed by atoms with Crippen LogP contribution in [0, 0.1) is 5.92 Å². The molecular formula is C18H24N2O3. The van der Waals surface area contributed by atoms with Gasteiger partial charge in [-0.1, -0.05) is 6.42 Å². The molecule has 2 fully saturated rings. The van der Waals surface area contributed by atoms with E-state index < -0.39 is 0 Å². The highest BCUT2D eigenvalue weighted by Gasteiger charge is 2.31. The van der Waals surface area contributed by atoms with E-state index in [2.05, 4.69) is 0 Å². The molecular weight excluding hydrogens is 292 g/mol. The number of hydrogen-bond acceptors (Lipinski definition) is 3. The summed E-state index contributed by atoms with van der Waals surface area (Å²) >= 11 is 0. The molecule has 5 nitrogen and oxygen atoms in total. The van der Waals surface area contributed by atoms with Crippen molar-refractivity contribution in [1.82, 2.24) is 9.80 Å². The summed E-state index contributed by atoms with van der Waals surface area (Å²) in [6, 6.07) is 7.20. The van der Waals surface area contributed by atoms with Crippen molar-refractivity contribution >= 4 is 11.8 Å². The van der Waals surface area contributed by atoms with Crippen LogP contribution in [-0.2, 0) is 4.79 Å². The van der Waals surface area contributed by atoms with Crippen LogP contribution in [0.3, 0.4) is 0 Å². The van der Waals surface area contributed by atoms with E-state index in [-0.39, 0.29) is 17.7 Å². The van der Waals surface area contributed by atoms with Gasteiger partial charge in [0.05, 0.1) is 7.11 Å². The molecule has 1 saturated carbocycles. The summed E-state index contributed by atoms with van der Waals surface area (Å²) in [5.41, 5.74) is 0.671. The molecule has 1 heterocycles. The Morgan fingerprint density at radius 2 is 1.61 bits per heavy atom. The number of amides is 2. The molecule has 124 valence electrons. The summed E-state index contributed by atoms with van der Waals surface area (Å²) in [7, 11) is 1.61. The van der Waals surface area contributed by atoms with Crippen LogP contribution in [0.25, 0.3) is 0 Å². The monoisotopic (exact) mass is 316 g/mol. The Morgan fingerprint density at radius 1 is 0.957 bits per heavy atom. The number of methoxy groups -OCH3 is 1. The second-order valence-electron chi connectivity index (χ2n) is 6.33. The first kappa shape index (κ1) is 15.8. The summed E-state index contributed by atoms with van der Waals surface area (Å²) in [6.45, 7) is 2.74. The number of hydrogen-bond donors (Lipinski definition) is 0. The molecule has 1 aromatic carbocycles. The van der Waals surface area contributed by atoms with E-state index in [9.17, 15) is 9.59 Å². The SMILES string of the molecule is COc1ccc(C(=O)N2CCCN(C(=O)C3CCC3)CC2)cc1. The minimum Gasteiger partial charge on any atom is -0.497 e. The number of ether oxygens (including phenoxy) is 1. The fraction of sp³-hybridized carbons (Fsp3) is 0.556. The van der Waals surface area contributed by atoms with Gasteiger partial charge in [-0.25, -0.2) is 0 Å². The van der Waals surface area contributed by atoms with Gasteiger partial charge in [-0.3, -0.25) is 9.59 Å². The van der Waals surface area contributed by atoms with Crippen LogP contribution < -0.4 is 4.74 Å². The fourth-order valence-corrected chi connectivity index (χ4v) is 3.17. The van der Waals surface area contributed by atoms with Crippen LogP contribution in [0.1, 0.15) is 36.0 Å². The highest BCUT2D eigenvalue weighted by Crippen LogP contribution is 2.28. The largest absolute Gasteiger partial charge is 0.497 e. The van der Waals surface area contributed by atoms with Crippen molar-refractivity contribution in [1.29, 1.82) is 0 Å². The number of carbonyl (C=O) groups excluding carboxylic acids is 2. The van der Waals surface area contributed by atoms with Crippen molar-refractivity contribution in [3.63, 3.8) is 0 Å². The van der Waals surface area contributed by atoms with E-state index in [1.165, 1.54) is 6.42 Å². The van der Waals surface area contributed by atoms with Crippen molar-refractivity contribution in [3.8, 4) is 5.75 Å². The van der Waals surface area contributed by atoms with E-state index in [0.717, 1.165) is 31.6 Å². The van der Waals surface area contributed by atoms with Gasteiger partial charge in [0.25, 0.3) is 5.91 Å². The zero-order valence-electron chi connectivity index (χ0n) is 13.7. The van der Waals surface area contributed by atoms with Crippen molar-refractivity contribution in [2.24, 2.45) is 5.92 Å². The topological polar surface area (TPSA) is 49.9 Å². The smallest absolute Gasteiger partial charge is 0.253 e. The third-order valence-electron chi connectivity index (χ3n) is 4.89. The van der Waals surface area contributed by atoms with Crippen molar-refractivity contribution < 1.29 is 14.3 Å². The van der Waals surface area contributed by atoms with Gasteiger partial charge in [0, 0.05) is 37.7 Å². The standard InChI is InChI=1S/C18H24N2O3/c1-23-16-8-6-15(7-9-16)18(22)20-11-3-10-19(12-13-20)17(21)14-4-2-5-14/h6-9,14H,2-5,10-13H2,1H3. The molecule has 0 radical (unpaired) electrons. The van der Waals surface area contributed by atoms with Crippen LogP contribution in [0.5, 0.6) is 5.75 Å². The molecule has 1 aliphatic carbocycles. The molecule has 2 amide bonds. The molecule has 2 aliphatic rings. The Bertz CT molecular complexity index is 566. The van der Waals surface area contributed by atoms with E-state index in [1.54, 1.807) is 31.4 Å². The molecule has 5 heteroatoms. The van der Waals surface area contributed by atoms with Crippen LogP contribution in [0.15, 0.2) is 24.3 Å². The predicted molar refractivity (Wildman–Crippen MR) is 87.4 cm³/mol. The molecule has 1 saturated heterocycles. The number of rotatable bonds is 3. The van der Waals surface area contributed by atoms with Crippen LogP contribution in [0.4, 0.5) is 0 Å². The van der Waals surface area contributed by atoms with Gasteiger partial charge >= 0.3 is 0 Å². The molecule has 0 unspecified atom stereocenters. The maximum absolute atomic E-state index is 12.6. The molecule has 3 rings (SSSR count). The first-order valence-corrected chi connectivity index (χ1v) is 8.41. The third kappa shape index (κ3) is 3.49. The average molecular weight is 316 g/mol. The van der Waals surface area contributed by atoms with E-state index in [4.69, 9.17) is 4.74 Å². The average Bonchev–Trinajstić information content (AvgIpc) is 2.78. The lowest BCUT2D eigenvalue weighted by molar-refractivity contribution is -0.138. The first-order valence-electron chi connectivity index (χ1n) is 8.41. The normalized spacial score (nSPS) is 19.0. The van der Waals surface area contributed by atoms with Crippen LogP contribution in [-0.4, -0.2) is 54.9 Å². The number of nitrogens with zero attached hydrogens (tertiary/aromatic N) is 2. The highest BCUT2D eigenvalue weighted by atomic mass is 16.5. The molecule has 0 atom stereocenters. The third-order valence-corrected chi connectivity index (χ3v) is 4.89. The maximum Gasteiger partial charge on any atom is 0.253 e. The number of benzene rings is 1.